The smallest absolute Gasteiger partial charge is 0.244 e. The minimum atomic E-state index is -3.60. The zero-order valence-electron chi connectivity index (χ0n) is 14.8. The van der Waals surface area contributed by atoms with E-state index in [1.807, 2.05) is 6.07 Å². The average Bonchev–Trinajstić information content (AvgIpc) is 2.99. The Balaban J connectivity index is 1.54. The lowest BCUT2D eigenvalue weighted by Gasteiger charge is -2.28. The Kier molecular flexibility index (Phi) is 5.69. The highest BCUT2D eigenvalue weighted by Crippen LogP contribution is 2.17. The van der Waals surface area contributed by atoms with Gasteiger partial charge in [0.1, 0.15) is 4.90 Å². The summed E-state index contributed by atoms with van der Waals surface area (Å²) in [5, 5.41) is 17.7. The first-order valence-corrected chi connectivity index (χ1v) is 9.86. The summed E-state index contributed by atoms with van der Waals surface area (Å²) in [7, 11) is -3.60. The highest BCUT2D eigenvalue weighted by Gasteiger charge is 2.21. The molecule has 0 bridgehead atoms. The molecule has 0 amide bonds. The van der Waals surface area contributed by atoms with Gasteiger partial charge >= 0.3 is 0 Å². The third-order valence-electron chi connectivity index (χ3n) is 4.07. The molecule has 0 aromatic carbocycles. The Morgan fingerprint density at radius 3 is 2.73 bits per heavy atom. The van der Waals surface area contributed by atoms with Gasteiger partial charge in [0.25, 0.3) is 0 Å². The van der Waals surface area contributed by atoms with Crippen molar-refractivity contribution in [2.75, 3.05) is 49.6 Å². The zero-order chi connectivity index (χ0) is 18.6. The number of aromatic amines is 1. The van der Waals surface area contributed by atoms with Gasteiger partial charge in [0.15, 0.2) is 5.82 Å². The Bertz CT molecular complexity index is 827. The number of hydrogen-bond donors (Lipinski definition) is 3. The number of H-pyrrole nitrogens is 1. The van der Waals surface area contributed by atoms with Gasteiger partial charge in [-0.1, -0.05) is 0 Å². The van der Waals surface area contributed by atoms with Gasteiger partial charge < -0.3 is 15.0 Å². The summed E-state index contributed by atoms with van der Waals surface area (Å²) in [6, 6.07) is 1.90. The summed E-state index contributed by atoms with van der Waals surface area (Å²) in [6.45, 7) is 6.96. The van der Waals surface area contributed by atoms with Crippen LogP contribution in [0.5, 0.6) is 0 Å². The van der Waals surface area contributed by atoms with E-state index < -0.39 is 10.0 Å². The van der Waals surface area contributed by atoms with E-state index in [0.29, 0.717) is 37.0 Å². The highest BCUT2D eigenvalue weighted by molar-refractivity contribution is 7.89. The summed E-state index contributed by atoms with van der Waals surface area (Å²) in [5.41, 5.74) is 1.94. The van der Waals surface area contributed by atoms with Crippen LogP contribution in [-0.2, 0) is 14.8 Å². The number of anilines is 2. The Hall–Kier alpha value is -2.24. The van der Waals surface area contributed by atoms with Crippen molar-refractivity contribution in [2.24, 2.45) is 0 Å². The number of aromatic nitrogens is 4. The van der Waals surface area contributed by atoms with Crippen LogP contribution in [0.3, 0.4) is 0 Å². The van der Waals surface area contributed by atoms with Crippen molar-refractivity contribution in [3.8, 4) is 0 Å². The topological polar surface area (TPSA) is 125 Å². The first-order valence-electron chi connectivity index (χ1n) is 8.38. The molecule has 1 saturated heterocycles. The third kappa shape index (κ3) is 4.29. The van der Waals surface area contributed by atoms with Crippen LogP contribution in [0.25, 0.3) is 0 Å². The molecule has 2 aromatic rings. The lowest BCUT2D eigenvalue weighted by molar-refractivity contribution is 0.122. The van der Waals surface area contributed by atoms with Crippen molar-refractivity contribution in [2.45, 2.75) is 18.7 Å². The largest absolute Gasteiger partial charge is 0.378 e. The van der Waals surface area contributed by atoms with Crippen molar-refractivity contribution in [3.63, 3.8) is 0 Å². The molecule has 0 radical (unpaired) electrons. The van der Waals surface area contributed by atoms with E-state index in [1.54, 1.807) is 20.0 Å². The second kappa shape index (κ2) is 7.98. The van der Waals surface area contributed by atoms with E-state index in [-0.39, 0.29) is 11.4 Å². The molecular formula is C15H23N7O3S. The molecule has 3 N–H and O–H groups in total. The molecule has 3 rings (SSSR count). The van der Waals surface area contributed by atoms with Gasteiger partial charge in [-0.15, -0.1) is 5.10 Å². The van der Waals surface area contributed by atoms with E-state index >= 15 is 0 Å². The molecule has 0 aliphatic carbocycles. The van der Waals surface area contributed by atoms with Gasteiger partial charge in [-0.3, -0.25) is 5.10 Å². The van der Waals surface area contributed by atoms with Crippen LogP contribution in [0, 0.1) is 13.8 Å². The summed E-state index contributed by atoms with van der Waals surface area (Å²) in [5.74, 6) is 0.601. The van der Waals surface area contributed by atoms with Crippen LogP contribution in [0.15, 0.2) is 17.2 Å². The van der Waals surface area contributed by atoms with Gasteiger partial charge in [0, 0.05) is 32.2 Å². The molecule has 0 unspecified atom stereocenters. The molecule has 11 heteroatoms. The van der Waals surface area contributed by atoms with E-state index in [9.17, 15) is 8.42 Å². The van der Waals surface area contributed by atoms with Crippen molar-refractivity contribution >= 4 is 21.5 Å². The van der Waals surface area contributed by atoms with Gasteiger partial charge in [0.2, 0.25) is 10.0 Å². The molecule has 26 heavy (non-hydrogen) atoms. The summed E-state index contributed by atoms with van der Waals surface area (Å²) in [4.78, 5) is 2.38. The molecule has 0 spiro atoms. The fourth-order valence-corrected chi connectivity index (χ4v) is 4.22. The molecule has 0 atom stereocenters. The molecular weight excluding hydrogens is 358 g/mol. The van der Waals surface area contributed by atoms with Crippen LogP contribution in [-0.4, -0.2) is 68.2 Å². The Labute approximate surface area is 152 Å². The Morgan fingerprint density at radius 1 is 1.27 bits per heavy atom. The number of hydrogen-bond acceptors (Lipinski definition) is 8. The van der Waals surface area contributed by atoms with Crippen LogP contribution in [0.1, 0.15) is 11.4 Å². The fourth-order valence-electron chi connectivity index (χ4n) is 2.82. The van der Waals surface area contributed by atoms with Crippen molar-refractivity contribution < 1.29 is 13.2 Å². The van der Waals surface area contributed by atoms with Crippen LogP contribution >= 0.6 is 0 Å². The van der Waals surface area contributed by atoms with Crippen molar-refractivity contribution in [1.29, 1.82) is 0 Å². The van der Waals surface area contributed by atoms with Gasteiger partial charge in [0.05, 0.1) is 36.5 Å². The van der Waals surface area contributed by atoms with Gasteiger partial charge in [-0.25, -0.2) is 13.1 Å². The first kappa shape index (κ1) is 18.5. The number of aryl methyl sites for hydroxylation is 2. The normalized spacial score (nSPS) is 15.2. The molecule has 1 aliphatic heterocycles. The average molecular weight is 381 g/mol. The highest BCUT2D eigenvalue weighted by atomic mass is 32.2. The predicted octanol–water partition coefficient (Wildman–Crippen LogP) is 0.0435. The molecule has 3 heterocycles. The molecule has 10 nitrogen and oxygen atoms in total. The number of morpholine rings is 1. The number of sulfonamides is 1. The maximum absolute atomic E-state index is 12.4. The number of rotatable bonds is 7. The maximum atomic E-state index is 12.4. The van der Waals surface area contributed by atoms with Crippen LogP contribution < -0.4 is 14.9 Å². The predicted molar refractivity (Wildman–Crippen MR) is 96.8 cm³/mol. The molecule has 2 aromatic heterocycles. The maximum Gasteiger partial charge on any atom is 0.244 e. The van der Waals surface area contributed by atoms with E-state index in [4.69, 9.17) is 4.74 Å². The van der Waals surface area contributed by atoms with Crippen molar-refractivity contribution in [1.82, 2.24) is 25.1 Å². The lowest BCUT2D eigenvalue weighted by Crippen LogP contribution is -2.36. The molecule has 1 aliphatic rings. The zero-order valence-corrected chi connectivity index (χ0v) is 15.6. The van der Waals surface area contributed by atoms with Crippen molar-refractivity contribution in [3.05, 3.63) is 23.7 Å². The van der Waals surface area contributed by atoms with Gasteiger partial charge in [-0.05, 0) is 13.8 Å². The quantitative estimate of drug-likeness (QED) is 0.574. The van der Waals surface area contributed by atoms with E-state index in [2.05, 4.69) is 35.3 Å². The summed E-state index contributed by atoms with van der Waals surface area (Å²) >= 11 is 0. The minimum Gasteiger partial charge on any atom is -0.378 e. The summed E-state index contributed by atoms with van der Waals surface area (Å²) in [6.07, 6.45) is 1.71. The summed E-state index contributed by atoms with van der Waals surface area (Å²) < 4.78 is 32.6. The SMILES string of the molecule is Cc1n[nH]c(C)c1S(=O)(=O)NCCNc1cc(N2CCOCC2)cnn1. The molecule has 1 fully saturated rings. The second-order valence-corrected chi connectivity index (χ2v) is 7.69. The second-order valence-electron chi connectivity index (χ2n) is 5.99. The number of ether oxygens (including phenoxy) is 1. The molecule has 142 valence electrons. The fraction of sp³-hybridized carbons (Fsp3) is 0.533. The Morgan fingerprint density at radius 2 is 2.04 bits per heavy atom. The minimum absolute atomic E-state index is 0.201. The van der Waals surface area contributed by atoms with Gasteiger partial charge in [-0.2, -0.15) is 10.2 Å². The third-order valence-corrected chi connectivity index (χ3v) is 5.79. The number of nitrogens with zero attached hydrogens (tertiary/aromatic N) is 4. The first-order chi connectivity index (χ1) is 12.5. The van der Waals surface area contributed by atoms with E-state index in [0.717, 1.165) is 18.8 Å². The monoisotopic (exact) mass is 381 g/mol. The van der Waals surface area contributed by atoms with Crippen LogP contribution in [0.4, 0.5) is 11.5 Å². The molecule has 0 saturated carbocycles. The number of nitrogens with one attached hydrogen (secondary N) is 3. The van der Waals surface area contributed by atoms with Crippen LogP contribution in [0.2, 0.25) is 0 Å². The standard InChI is InChI=1S/C15H23N7O3S/c1-11-15(12(2)20-19-11)26(23,24)18-4-3-16-14-9-13(10-17-21-14)22-5-7-25-8-6-22/h9-10,18H,3-8H2,1-2H3,(H,16,21)(H,19,20). The lowest BCUT2D eigenvalue weighted by atomic mass is 10.3. The van der Waals surface area contributed by atoms with E-state index in [1.165, 1.54) is 0 Å².